The SMILES string of the molecule is FC(F)(F)c1ccc(Cl)c(-n2nc(-c3ccc(I)cc3)c3c2NCCCC3)c1. The van der Waals surface area contributed by atoms with Crippen LogP contribution in [-0.2, 0) is 12.6 Å². The van der Waals surface area contributed by atoms with Gasteiger partial charge in [-0.15, -0.1) is 0 Å². The zero-order chi connectivity index (χ0) is 19.9. The van der Waals surface area contributed by atoms with E-state index in [9.17, 15) is 13.2 Å². The molecule has 2 aromatic carbocycles. The van der Waals surface area contributed by atoms with Crippen molar-refractivity contribution in [2.75, 3.05) is 11.9 Å². The van der Waals surface area contributed by atoms with Crippen LogP contribution in [0.25, 0.3) is 16.9 Å². The molecule has 28 heavy (non-hydrogen) atoms. The van der Waals surface area contributed by atoms with Gasteiger partial charge >= 0.3 is 6.18 Å². The molecule has 0 fully saturated rings. The first-order valence-corrected chi connectivity index (χ1v) is 10.3. The van der Waals surface area contributed by atoms with Gasteiger partial charge < -0.3 is 5.32 Å². The second-order valence-electron chi connectivity index (χ2n) is 6.64. The number of halogens is 5. The predicted molar refractivity (Wildman–Crippen MR) is 113 cm³/mol. The molecular weight excluding hydrogens is 502 g/mol. The topological polar surface area (TPSA) is 29.9 Å². The summed E-state index contributed by atoms with van der Waals surface area (Å²) in [6.07, 6.45) is -1.67. The number of hydrogen-bond donors (Lipinski definition) is 1. The summed E-state index contributed by atoms with van der Waals surface area (Å²) in [5.74, 6) is 0.715. The number of hydrogen-bond acceptors (Lipinski definition) is 2. The van der Waals surface area contributed by atoms with Gasteiger partial charge in [-0.25, -0.2) is 4.68 Å². The number of benzene rings is 2. The molecule has 0 unspecified atom stereocenters. The molecule has 4 rings (SSSR count). The third-order valence-corrected chi connectivity index (χ3v) is 5.79. The lowest BCUT2D eigenvalue weighted by atomic mass is 10.0. The first-order valence-electron chi connectivity index (χ1n) is 8.83. The molecule has 0 radical (unpaired) electrons. The molecular formula is C20H16ClF3IN3. The average molecular weight is 518 g/mol. The van der Waals surface area contributed by atoms with E-state index in [2.05, 4.69) is 33.0 Å². The van der Waals surface area contributed by atoms with Crippen LogP contribution in [0.3, 0.4) is 0 Å². The van der Waals surface area contributed by atoms with Crippen LogP contribution >= 0.6 is 34.2 Å². The Morgan fingerprint density at radius 3 is 2.54 bits per heavy atom. The number of anilines is 1. The minimum atomic E-state index is -4.45. The minimum Gasteiger partial charge on any atom is -0.370 e. The fourth-order valence-electron chi connectivity index (χ4n) is 3.37. The lowest BCUT2D eigenvalue weighted by molar-refractivity contribution is -0.137. The fraction of sp³-hybridized carbons (Fsp3) is 0.250. The number of fused-ring (bicyclic) bond motifs is 1. The van der Waals surface area contributed by atoms with Crippen LogP contribution in [0.4, 0.5) is 19.0 Å². The van der Waals surface area contributed by atoms with Crippen LogP contribution in [0.1, 0.15) is 24.0 Å². The second kappa shape index (κ2) is 7.59. The Bertz CT molecular complexity index is 1010. The van der Waals surface area contributed by atoms with E-state index < -0.39 is 11.7 Å². The predicted octanol–water partition coefficient (Wildman–Crippen LogP) is 6.56. The van der Waals surface area contributed by atoms with Crippen molar-refractivity contribution in [2.45, 2.75) is 25.4 Å². The quantitative estimate of drug-likeness (QED) is 0.390. The summed E-state index contributed by atoms with van der Waals surface area (Å²) in [4.78, 5) is 0. The zero-order valence-electron chi connectivity index (χ0n) is 14.7. The Morgan fingerprint density at radius 2 is 1.82 bits per heavy atom. The largest absolute Gasteiger partial charge is 0.416 e. The van der Waals surface area contributed by atoms with Gasteiger partial charge in [0, 0.05) is 21.2 Å². The minimum absolute atomic E-state index is 0.221. The average Bonchev–Trinajstić information content (AvgIpc) is 2.83. The van der Waals surface area contributed by atoms with Crippen molar-refractivity contribution in [1.29, 1.82) is 0 Å². The molecule has 0 aliphatic carbocycles. The van der Waals surface area contributed by atoms with Crippen molar-refractivity contribution in [2.24, 2.45) is 0 Å². The number of alkyl halides is 3. The van der Waals surface area contributed by atoms with E-state index in [0.717, 1.165) is 58.3 Å². The van der Waals surface area contributed by atoms with Crippen LogP contribution < -0.4 is 5.32 Å². The number of nitrogens with one attached hydrogen (secondary N) is 1. The molecule has 1 aliphatic heterocycles. The Kier molecular flexibility index (Phi) is 5.30. The summed E-state index contributed by atoms with van der Waals surface area (Å²) in [7, 11) is 0. The van der Waals surface area contributed by atoms with Crippen LogP contribution in [0, 0.1) is 3.57 Å². The highest BCUT2D eigenvalue weighted by atomic mass is 127. The molecule has 3 nitrogen and oxygen atoms in total. The van der Waals surface area contributed by atoms with Gasteiger partial charge in [0.1, 0.15) is 5.82 Å². The molecule has 0 saturated heterocycles. The van der Waals surface area contributed by atoms with E-state index in [0.29, 0.717) is 5.82 Å². The maximum absolute atomic E-state index is 13.2. The highest BCUT2D eigenvalue weighted by Gasteiger charge is 2.32. The maximum atomic E-state index is 13.2. The molecule has 3 aromatic rings. The summed E-state index contributed by atoms with van der Waals surface area (Å²) in [6.45, 7) is 0.738. The highest BCUT2D eigenvalue weighted by Crippen LogP contribution is 2.38. The third-order valence-electron chi connectivity index (χ3n) is 4.75. The maximum Gasteiger partial charge on any atom is 0.416 e. The van der Waals surface area contributed by atoms with Crippen LogP contribution in [-0.4, -0.2) is 16.3 Å². The normalized spacial score (nSPS) is 14.3. The standard InChI is InChI=1S/C20H16ClF3IN3/c21-16-9-6-13(20(22,23)24)11-17(16)28-19-15(3-1-2-10-26-19)18(27-28)12-4-7-14(25)8-5-12/h4-9,11,26H,1-3,10H2. The number of aromatic nitrogens is 2. The monoisotopic (exact) mass is 517 g/mol. The Labute approximate surface area is 179 Å². The van der Waals surface area contributed by atoms with E-state index >= 15 is 0 Å². The van der Waals surface area contributed by atoms with Gasteiger partial charge in [-0.2, -0.15) is 18.3 Å². The number of nitrogens with zero attached hydrogens (tertiary/aromatic N) is 2. The first-order chi connectivity index (χ1) is 13.3. The highest BCUT2D eigenvalue weighted by molar-refractivity contribution is 14.1. The Balaban J connectivity index is 1.92. The van der Waals surface area contributed by atoms with Crippen LogP contribution in [0.2, 0.25) is 5.02 Å². The van der Waals surface area contributed by atoms with E-state index in [-0.39, 0.29) is 10.7 Å². The molecule has 0 spiro atoms. The third kappa shape index (κ3) is 3.74. The van der Waals surface area contributed by atoms with E-state index in [1.54, 1.807) is 0 Å². The van der Waals surface area contributed by atoms with Gasteiger partial charge in [-0.1, -0.05) is 23.7 Å². The van der Waals surface area contributed by atoms with Crippen molar-refractivity contribution < 1.29 is 13.2 Å². The second-order valence-corrected chi connectivity index (χ2v) is 8.30. The molecule has 1 aliphatic rings. The first kappa shape index (κ1) is 19.6. The fourth-order valence-corrected chi connectivity index (χ4v) is 3.92. The summed E-state index contributed by atoms with van der Waals surface area (Å²) >= 11 is 8.52. The smallest absolute Gasteiger partial charge is 0.370 e. The molecule has 1 aromatic heterocycles. The van der Waals surface area contributed by atoms with Crippen LogP contribution in [0.5, 0.6) is 0 Å². The summed E-state index contributed by atoms with van der Waals surface area (Å²) < 4.78 is 42.3. The van der Waals surface area contributed by atoms with E-state index in [1.807, 2.05) is 24.3 Å². The molecule has 0 atom stereocenters. The van der Waals surface area contributed by atoms with Crippen molar-refractivity contribution >= 4 is 40.0 Å². The summed E-state index contributed by atoms with van der Waals surface area (Å²) in [5, 5.41) is 8.25. The van der Waals surface area contributed by atoms with Crippen LogP contribution in [0.15, 0.2) is 42.5 Å². The molecule has 0 saturated carbocycles. The number of rotatable bonds is 2. The Hall–Kier alpha value is -1.74. The van der Waals surface area contributed by atoms with Gasteiger partial charge in [-0.3, -0.25) is 0 Å². The lowest BCUT2D eigenvalue weighted by Gasteiger charge is -2.13. The van der Waals surface area contributed by atoms with Gasteiger partial charge in [0.25, 0.3) is 0 Å². The summed E-state index contributed by atoms with van der Waals surface area (Å²) in [6, 6.07) is 11.3. The molecule has 8 heteroatoms. The van der Waals surface area contributed by atoms with Gasteiger partial charge in [0.2, 0.25) is 0 Å². The van der Waals surface area contributed by atoms with Crippen molar-refractivity contribution in [3.05, 3.63) is 62.2 Å². The Morgan fingerprint density at radius 1 is 1.07 bits per heavy atom. The van der Waals surface area contributed by atoms with Crippen molar-refractivity contribution in [1.82, 2.24) is 9.78 Å². The zero-order valence-corrected chi connectivity index (χ0v) is 17.6. The summed E-state index contributed by atoms with van der Waals surface area (Å²) in [5.41, 5.74) is 2.18. The van der Waals surface area contributed by atoms with Gasteiger partial charge in [0.15, 0.2) is 0 Å². The lowest BCUT2D eigenvalue weighted by Crippen LogP contribution is -2.10. The molecule has 146 valence electrons. The van der Waals surface area contributed by atoms with Gasteiger partial charge in [-0.05, 0) is 72.2 Å². The molecule has 0 bridgehead atoms. The van der Waals surface area contributed by atoms with E-state index in [1.165, 1.54) is 10.7 Å². The van der Waals surface area contributed by atoms with Gasteiger partial charge in [0.05, 0.1) is 22.0 Å². The van der Waals surface area contributed by atoms with E-state index in [4.69, 9.17) is 11.6 Å². The molecule has 2 heterocycles. The molecule has 0 amide bonds. The molecule has 1 N–H and O–H groups in total. The van der Waals surface area contributed by atoms with Crippen molar-refractivity contribution in [3.63, 3.8) is 0 Å². The van der Waals surface area contributed by atoms with Crippen molar-refractivity contribution in [3.8, 4) is 16.9 Å².